The third-order valence-corrected chi connectivity index (χ3v) is 5.10. The van der Waals surface area contributed by atoms with E-state index in [4.69, 9.17) is 14.2 Å². The molecule has 0 saturated carbocycles. The number of nitrogens with zero attached hydrogens (tertiary/aromatic N) is 2. The molecule has 2 saturated heterocycles. The van der Waals surface area contributed by atoms with Gasteiger partial charge in [0.15, 0.2) is 11.5 Å². The maximum atomic E-state index is 5.70. The van der Waals surface area contributed by atoms with E-state index in [2.05, 4.69) is 28.9 Å². The summed E-state index contributed by atoms with van der Waals surface area (Å²) in [5.74, 6) is 2.35. The lowest BCUT2D eigenvalue weighted by atomic mass is 10.0. The predicted octanol–water partition coefficient (Wildman–Crippen LogP) is 2.25. The lowest BCUT2D eigenvalue weighted by Crippen LogP contribution is -2.46. The average molecular weight is 334 g/mol. The van der Waals surface area contributed by atoms with Crippen LogP contribution in [0.3, 0.4) is 0 Å². The molecule has 2 heterocycles. The smallest absolute Gasteiger partial charge is 0.161 e. The van der Waals surface area contributed by atoms with E-state index in [9.17, 15) is 0 Å². The van der Waals surface area contributed by atoms with Crippen LogP contribution in [0.15, 0.2) is 18.2 Å². The van der Waals surface area contributed by atoms with E-state index in [1.54, 1.807) is 7.11 Å². The highest BCUT2D eigenvalue weighted by atomic mass is 16.5. The van der Waals surface area contributed by atoms with Gasteiger partial charge in [0, 0.05) is 38.8 Å². The summed E-state index contributed by atoms with van der Waals surface area (Å²) in [4.78, 5) is 5.16. The van der Waals surface area contributed by atoms with E-state index in [1.807, 2.05) is 13.0 Å². The molecule has 2 aliphatic rings. The first-order valence-electron chi connectivity index (χ1n) is 9.05. The van der Waals surface area contributed by atoms with Crippen molar-refractivity contribution in [1.82, 2.24) is 9.80 Å². The Morgan fingerprint density at radius 1 is 1.17 bits per heavy atom. The number of hydrogen-bond donors (Lipinski definition) is 0. The minimum Gasteiger partial charge on any atom is -0.493 e. The molecule has 0 N–H and O–H groups in total. The topological polar surface area (TPSA) is 34.2 Å². The Morgan fingerprint density at radius 2 is 1.96 bits per heavy atom. The first kappa shape index (κ1) is 17.5. The fraction of sp³-hybridized carbons (Fsp3) is 0.684. The van der Waals surface area contributed by atoms with Gasteiger partial charge in [0.1, 0.15) is 0 Å². The largest absolute Gasteiger partial charge is 0.493 e. The maximum absolute atomic E-state index is 5.70. The summed E-state index contributed by atoms with van der Waals surface area (Å²) in [5.41, 5.74) is 1.29. The SMILES string of the molecule is CCOc1cc(CN2C[C@@H](C)[C@@H](N3CCOCC3)C2)ccc1OC. The van der Waals surface area contributed by atoms with Gasteiger partial charge in [-0.25, -0.2) is 0 Å². The molecule has 134 valence electrons. The highest BCUT2D eigenvalue weighted by Gasteiger charge is 2.34. The van der Waals surface area contributed by atoms with Gasteiger partial charge in [0.2, 0.25) is 0 Å². The fourth-order valence-electron chi connectivity index (χ4n) is 3.91. The van der Waals surface area contributed by atoms with E-state index in [0.717, 1.165) is 57.4 Å². The van der Waals surface area contributed by atoms with Crippen molar-refractivity contribution in [2.75, 3.05) is 53.1 Å². The molecule has 5 heteroatoms. The second kappa shape index (κ2) is 8.19. The molecular formula is C19H30N2O3. The summed E-state index contributed by atoms with van der Waals surface area (Å²) < 4.78 is 16.6. The Bertz CT molecular complexity index is 531. The zero-order chi connectivity index (χ0) is 16.9. The molecule has 0 aromatic heterocycles. The van der Waals surface area contributed by atoms with Gasteiger partial charge in [0.05, 0.1) is 26.9 Å². The molecule has 0 amide bonds. The van der Waals surface area contributed by atoms with Crippen molar-refractivity contribution < 1.29 is 14.2 Å². The van der Waals surface area contributed by atoms with Crippen molar-refractivity contribution in [3.63, 3.8) is 0 Å². The van der Waals surface area contributed by atoms with Crippen LogP contribution in [0.1, 0.15) is 19.4 Å². The minimum atomic E-state index is 0.651. The number of benzene rings is 1. The summed E-state index contributed by atoms with van der Waals surface area (Å²) in [5, 5.41) is 0. The van der Waals surface area contributed by atoms with Crippen LogP contribution in [-0.4, -0.2) is 69.0 Å². The molecule has 0 aliphatic carbocycles. The van der Waals surface area contributed by atoms with Gasteiger partial charge in [-0.3, -0.25) is 9.80 Å². The van der Waals surface area contributed by atoms with Crippen molar-refractivity contribution in [3.05, 3.63) is 23.8 Å². The van der Waals surface area contributed by atoms with E-state index in [0.29, 0.717) is 18.6 Å². The molecule has 1 aromatic rings. The van der Waals surface area contributed by atoms with Gasteiger partial charge in [-0.05, 0) is 30.5 Å². The quantitative estimate of drug-likeness (QED) is 0.797. The first-order valence-corrected chi connectivity index (χ1v) is 9.05. The van der Waals surface area contributed by atoms with E-state index in [1.165, 1.54) is 5.56 Å². The van der Waals surface area contributed by atoms with Gasteiger partial charge in [-0.2, -0.15) is 0 Å². The van der Waals surface area contributed by atoms with Crippen LogP contribution < -0.4 is 9.47 Å². The van der Waals surface area contributed by atoms with Crippen LogP contribution in [0.25, 0.3) is 0 Å². The van der Waals surface area contributed by atoms with E-state index < -0.39 is 0 Å². The molecule has 1 aromatic carbocycles. The Kier molecular flexibility index (Phi) is 5.98. The highest BCUT2D eigenvalue weighted by molar-refractivity contribution is 5.43. The standard InChI is InChI=1S/C19H30N2O3/c1-4-24-19-11-16(5-6-18(19)22-3)13-20-12-15(2)17(14-20)21-7-9-23-10-8-21/h5-6,11,15,17H,4,7-10,12-14H2,1-3H3/t15-,17+/m1/s1. The number of likely N-dealkylation sites (tertiary alicyclic amines) is 1. The molecule has 2 atom stereocenters. The second-order valence-corrected chi connectivity index (χ2v) is 6.81. The summed E-state index contributed by atoms with van der Waals surface area (Å²) in [7, 11) is 1.69. The van der Waals surface area contributed by atoms with Gasteiger partial charge in [0.25, 0.3) is 0 Å². The number of morpholine rings is 1. The molecule has 0 bridgehead atoms. The number of methoxy groups -OCH3 is 1. The Labute approximate surface area is 145 Å². The predicted molar refractivity (Wildman–Crippen MR) is 94.8 cm³/mol. The summed E-state index contributed by atoms with van der Waals surface area (Å²) in [6, 6.07) is 6.93. The van der Waals surface area contributed by atoms with Crippen molar-refractivity contribution in [2.45, 2.75) is 26.4 Å². The zero-order valence-electron chi connectivity index (χ0n) is 15.2. The van der Waals surface area contributed by atoms with Gasteiger partial charge >= 0.3 is 0 Å². The van der Waals surface area contributed by atoms with Gasteiger partial charge < -0.3 is 14.2 Å². The van der Waals surface area contributed by atoms with Crippen LogP contribution in [-0.2, 0) is 11.3 Å². The van der Waals surface area contributed by atoms with Gasteiger partial charge in [-0.15, -0.1) is 0 Å². The molecule has 0 unspecified atom stereocenters. The monoisotopic (exact) mass is 334 g/mol. The van der Waals surface area contributed by atoms with Crippen molar-refractivity contribution in [3.8, 4) is 11.5 Å². The number of hydrogen-bond acceptors (Lipinski definition) is 5. The van der Waals surface area contributed by atoms with Crippen LogP contribution >= 0.6 is 0 Å². The molecule has 0 spiro atoms. The molecule has 3 rings (SSSR count). The minimum absolute atomic E-state index is 0.651. The van der Waals surface area contributed by atoms with Crippen molar-refractivity contribution in [2.24, 2.45) is 5.92 Å². The van der Waals surface area contributed by atoms with Crippen LogP contribution in [0.2, 0.25) is 0 Å². The second-order valence-electron chi connectivity index (χ2n) is 6.81. The van der Waals surface area contributed by atoms with Gasteiger partial charge in [-0.1, -0.05) is 13.0 Å². The number of ether oxygens (including phenoxy) is 3. The third kappa shape index (κ3) is 4.02. The normalized spacial score (nSPS) is 25.8. The number of rotatable bonds is 6. The lowest BCUT2D eigenvalue weighted by molar-refractivity contribution is 0.0118. The molecule has 0 radical (unpaired) electrons. The Hall–Kier alpha value is -1.30. The summed E-state index contributed by atoms with van der Waals surface area (Å²) in [6.07, 6.45) is 0. The van der Waals surface area contributed by atoms with E-state index in [-0.39, 0.29) is 0 Å². The van der Waals surface area contributed by atoms with Crippen molar-refractivity contribution >= 4 is 0 Å². The van der Waals surface area contributed by atoms with Crippen LogP contribution in [0.4, 0.5) is 0 Å². The highest BCUT2D eigenvalue weighted by Crippen LogP contribution is 2.30. The van der Waals surface area contributed by atoms with Crippen LogP contribution in [0, 0.1) is 5.92 Å². The van der Waals surface area contributed by atoms with E-state index >= 15 is 0 Å². The molecule has 2 fully saturated rings. The summed E-state index contributed by atoms with van der Waals surface area (Å²) >= 11 is 0. The molecule has 5 nitrogen and oxygen atoms in total. The Morgan fingerprint density at radius 3 is 2.67 bits per heavy atom. The summed E-state index contributed by atoms with van der Waals surface area (Å²) in [6.45, 7) is 12.2. The van der Waals surface area contributed by atoms with Crippen molar-refractivity contribution in [1.29, 1.82) is 0 Å². The molecular weight excluding hydrogens is 304 g/mol. The molecule has 24 heavy (non-hydrogen) atoms. The Balaban J connectivity index is 1.63. The maximum Gasteiger partial charge on any atom is 0.161 e. The van der Waals surface area contributed by atoms with Crippen LogP contribution in [0.5, 0.6) is 11.5 Å². The first-order chi connectivity index (χ1) is 11.7. The fourth-order valence-corrected chi connectivity index (χ4v) is 3.91. The lowest BCUT2D eigenvalue weighted by Gasteiger charge is -2.34. The third-order valence-electron chi connectivity index (χ3n) is 5.10. The zero-order valence-corrected chi connectivity index (χ0v) is 15.2. The average Bonchev–Trinajstić information content (AvgIpc) is 2.96. The molecule has 2 aliphatic heterocycles.